The highest BCUT2D eigenvalue weighted by atomic mass is 16.5. The summed E-state index contributed by atoms with van der Waals surface area (Å²) in [6.07, 6.45) is 1.08. The fourth-order valence-corrected chi connectivity index (χ4v) is 1.75. The second-order valence-corrected chi connectivity index (χ2v) is 3.86. The minimum Gasteiger partial charge on any atom is -0.469 e. The Morgan fingerprint density at radius 2 is 2.50 bits per heavy atom. The molecule has 2 rings (SSSR count). The Hall–Kier alpha value is -1.96. The van der Waals surface area contributed by atoms with E-state index in [1.54, 1.807) is 4.90 Å². The molecule has 1 unspecified atom stereocenters. The lowest BCUT2D eigenvalue weighted by molar-refractivity contribution is -0.145. The quantitative estimate of drug-likeness (QED) is 0.710. The standard InChI is InChI=1S/C10H14N4O4/c1-17-8(15)4-7-5-14(2-3-18-7)10(16)9-11-6-12-13-9/h6-7H,2-5H2,1H3,(H,11,12,13). The predicted octanol–water partition coefficient (Wildman–Crippen LogP) is -0.791. The second-order valence-electron chi connectivity index (χ2n) is 3.86. The summed E-state index contributed by atoms with van der Waals surface area (Å²) in [5.74, 6) is -0.409. The number of aromatic nitrogens is 3. The van der Waals surface area contributed by atoms with Gasteiger partial charge in [0.05, 0.1) is 26.2 Å². The minimum atomic E-state index is -0.353. The first-order valence-corrected chi connectivity index (χ1v) is 5.53. The number of morpholine rings is 1. The molecule has 2 heterocycles. The Labute approximate surface area is 103 Å². The van der Waals surface area contributed by atoms with Gasteiger partial charge in [-0.3, -0.25) is 14.7 Å². The van der Waals surface area contributed by atoms with E-state index in [1.807, 2.05) is 0 Å². The Bertz CT molecular complexity index is 420. The fraction of sp³-hybridized carbons (Fsp3) is 0.600. The third-order valence-corrected chi connectivity index (χ3v) is 2.67. The zero-order chi connectivity index (χ0) is 13.0. The first-order chi connectivity index (χ1) is 8.70. The van der Waals surface area contributed by atoms with Crippen molar-refractivity contribution in [2.75, 3.05) is 26.8 Å². The molecule has 1 fully saturated rings. The first kappa shape index (κ1) is 12.5. The SMILES string of the molecule is COC(=O)CC1CN(C(=O)c2ncn[nH]2)CCO1. The number of amides is 1. The summed E-state index contributed by atoms with van der Waals surface area (Å²) in [7, 11) is 1.32. The van der Waals surface area contributed by atoms with Crippen molar-refractivity contribution in [2.24, 2.45) is 0 Å². The Morgan fingerprint density at radius 1 is 1.67 bits per heavy atom. The highest BCUT2D eigenvalue weighted by Gasteiger charge is 2.28. The monoisotopic (exact) mass is 254 g/mol. The zero-order valence-electron chi connectivity index (χ0n) is 9.96. The molecule has 1 amide bonds. The molecular weight excluding hydrogens is 240 g/mol. The molecule has 0 aromatic carbocycles. The summed E-state index contributed by atoms with van der Waals surface area (Å²) in [5.41, 5.74) is 0. The molecule has 8 nitrogen and oxygen atoms in total. The summed E-state index contributed by atoms with van der Waals surface area (Å²) < 4.78 is 9.98. The Morgan fingerprint density at radius 3 is 3.17 bits per heavy atom. The molecule has 1 aromatic heterocycles. The van der Waals surface area contributed by atoms with Crippen molar-refractivity contribution in [3.63, 3.8) is 0 Å². The number of carbonyl (C=O) groups is 2. The Kier molecular flexibility index (Phi) is 3.88. The van der Waals surface area contributed by atoms with Gasteiger partial charge in [-0.15, -0.1) is 0 Å². The average molecular weight is 254 g/mol. The number of H-pyrrole nitrogens is 1. The van der Waals surface area contributed by atoms with Crippen molar-refractivity contribution in [2.45, 2.75) is 12.5 Å². The average Bonchev–Trinajstić information content (AvgIpc) is 2.92. The van der Waals surface area contributed by atoms with Crippen molar-refractivity contribution in [1.82, 2.24) is 20.1 Å². The smallest absolute Gasteiger partial charge is 0.308 e. The fourth-order valence-electron chi connectivity index (χ4n) is 1.75. The number of nitrogens with one attached hydrogen (secondary N) is 1. The molecule has 1 atom stereocenters. The molecule has 0 bridgehead atoms. The molecular formula is C10H14N4O4. The van der Waals surface area contributed by atoms with Gasteiger partial charge in [0.1, 0.15) is 6.33 Å². The third kappa shape index (κ3) is 2.83. The van der Waals surface area contributed by atoms with Crippen molar-refractivity contribution < 1.29 is 19.1 Å². The van der Waals surface area contributed by atoms with E-state index >= 15 is 0 Å². The Balaban J connectivity index is 1.94. The van der Waals surface area contributed by atoms with Crippen molar-refractivity contribution in [3.05, 3.63) is 12.2 Å². The van der Waals surface area contributed by atoms with Crippen LogP contribution in [0.3, 0.4) is 0 Å². The van der Waals surface area contributed by atoms with Crippen LogP contribution in [0, 0.1) is 0 Å². The van der Waals surface area contributed by atoms with Crippen LogP contribution in [0.1, 0.15) is 17.0 Å². The van der Waals surface area contributed by atoms with Crippen molar-refractivity contribution >= 4 is 11.9 Å². The molecule has 0 spiro atoms. The number of aromatic amines is 1. The van der Waals surface area contributed by atoms with Gasteiger partial charge in [0.25, 0.3) is 5.91 Å². The summed E-state index contributed by atoms with van der Waals surface area (Å²) >= 11 is 0. The zero-order valence-corrected chi connectivity index (χ0v) is 9.96. The summed E-state index contributed by atoms with van der Waals surface area (Å²) in [4.78, 5) is 28.5. The van der Waals surface area contributed by atoms with Crippen LogP contribution in [0.15, 0.2) is 6.33 Å². The third-order valence-electron chi connectivity index (χ3n) is 2.67. The van der Waals surface area contributed by atoms with Crippen LogP contribution in [-0.2, 0) is 14.3 Å². The number of hydrogen-bond donors (Lipinski definition) is 1. The largest absolute Gasteiger partial charge is 0.469 e. The summed E-state index contributed by atoms with van der Waals surface area (Å²) in [5, 5.41) is 6.15. The molecule has 1 aromatic rings. The van der Waals surface area contributed by atoms with Crippen LogP contribution in [0.2, 0.25) is 0 Å². The normalized spacial score (nSPS) is 19.6. The molecule has 98 valence electrons. The number of methoxy groups -OCH3 is 1. The number of hydrogen-bond acceptors (Lipinski definition) is 6. The first-order valence-electron chi connectivity index (χ1n) is 5.53. The van der Waals surface area contributed by atoms with Crippen LogP contribution < -0.4 is 0 Å². The number of nitrogens with zero attached hydrogens (tertiary/aromatic N) is 3. The van der Waals surface area contributed by atoms with E-state index in [9.17, 15) is 9.59 Å². The molecule has 18 heavy (non-hydrogen) atoms. The van der Waals surface area contributed by atoms with E-state index in [1.165, 1.54) is 13.4 Å². The van der Waals surface area contributed by atoms with Gasteiger partial charge in [0, 0.05) is 13.1 Å². The van der Waals surface area contributed by atoms with E-state index in [4.69, 9.17) is 4.74 Å². The van der Waals surface area contributed by atoms with E-state index in [-0.39, 0.29) is 30.2 Å². The van der Waals surface area contributed by atoms with Gasteiger partial charge in [-0.2, -0.15) is 5.10 Å². The minimum absolute atomic E-state index is 0.136. The van der Waals surface area contributed by atoms with Gasteiger partial charge >= 0.3 is 5.97 Å². The molecule has 1 saturated heterocycles. The lowest BCUT2D eigenvalue weighted by Gasteiger charge is -2.31. The van der Waals surface area contributed by atoms with Gasteiger partial charge in [-0.05, 0) is 0 Å². The second kappa shape index (κ2) is 5.58. The van der Waals surface area contributed by atoms with Crippen LogP contribution in [0.4, 0.5) is 0 Å². The predicted molar refractivity (Wildman–Crippen MR) is 58.7 cm³/mol. The number of ether oxygens (including phenoxy) is 2. The summed E-state index contributed by atoms with van der Waals surface area (Å²) in [6.45, 7) is 1.20. The molecule has 0 radical (unpaired) electrons. The van der Waals surface area contributed by atoms with Crippen molar-refractivity contribution in [3.8, 4) is 0 Å². The lowest BCUT2D eigenvalue weighted by Crippen LogP contribution is -2.46. The highest BCUT2D eigenvalue weighted by Crippen LogP contribution is 2.11. The van der Waals surface area contributed by atoms with Gasteiger partial charge < -0.3 is 14.4 Å². The topological polar surface area (TPSA) is 97.4 Å². The van der Waals surface area contributed by atoms with Gasteiger partial charge in [0.2, 0.25) is 5.82 Å². The maximum absolute atomic E-state index is 12.0. The van der Waals surface area contributed by atoms with E-state index in [0.29, 0.717) is 19.7 Å². The number of carbonyl (C=O) groups excluding carboxylic acids is 2. The van der Waals surface area contributed by atoms with E-state index < -0.39 is 0 Å². The van der Waals surface area contributed by atoms with Crippen LogP contribution in [0.25, 0.3) is 0 Å². The maximum Gasteiger partial charge on any atom is 0.308 e. The van der Waals surface area contributed by atoms with Crippen molar-refractivity contribution in [1.29, 1.82) is 0 Å². The maximum atomic E-state index is 12.0. The van der Waals surface area contributed by atoms with Gasteiger partial charge in [0.15, 0.2) is 0 Å². The molecule has 8 heteroatoms. The van der Waals surface area contributed by atoms with E-state index in [0.717, 1.165) is 0 Å². The van der Waals surface area contributed by atoms with Gasteiger partial charge in [-0.25, -0.2) is 4.98 Å². The number of esters is 1. The summed E-state index contributed by atoms with van der Waals surface area (Å²) in [6, 6.07) is 0. The van der Waals surface area contributed by atoms with Crippen LogP contribution in [0.5, 0.6) is 0 Å². The highest BCUT2D eigenvalue weighted by molar-refractivity contribution is 5.90. The molecule has 0 saturated carbocycles. The molecule has 0 aliphatic carbocycles. The molecule has 1 aliphatic rings. The van der Waals surface area contributed by atoms with Gasteiger partial charge in [-0.1, -0.05) is 0 Å². The van der Waals surface area contributed by atoms with Crippen LogP contribution in [-0.4, -0.2) is 64.9 Å². The van der Waals surface area contributed by atoms with Crippen LogP contribution >= 0.6 is 0 Å². The molecule has 1 N–H and O–H groups in total. The molecule has 1 aliphatic heterocycles. The van der Waals surface area contributed by atoms with E-state index in [2.05, 4.69) is 19.9 Å². The lowest BCUT2D eigenvalue weighted by atomic mass is 10.2. The number of rotatable bonds is 3.